The SMILES string of the molecule is Cc1cc(C(F)F)n(CC(=O)Nc2ccc(Br)cc2F)n1. The van der Waals surface area contributed by atoms with Crippen molar-refractivity contribution in [3.63, 3.8) is 0 Å². The molecule has 0 fully saturated rings. The minimum Gasteiger partial charge on any atom is -0.322 e. The standard InChI is InChI=1S/C13H11BrF3N3O/c1-7-4-11(13(16)17)20(19-7)6-12(21)18-10-3-2-8(14)5-9(10)15/h2-5,13H,6H2,1H3,(H,18,21). The molecule has 112 valence electrons. The highest BCUT2D eigenvalue weighted by Gasteiger charge is 2.17. The van der Waals surface area contributed by atoms with Gasteiger partial charge in [0.2, 0.25) is 5.91 Å². The second kappa shape index (κ2) is 6.30. The van der Waals surface area contributed by atoms with Crippen LogP contribution in [0.3, 0.4) is 0 Å². The number of alkyl halides is 2. The predicted molar refractivity (Wildman–Crippen MR) is 74.7 cm³/mol. The Morgan fingerprint density at radius 2 is 2.14 bits per heavy atom. The van der Waals surface area contributed by atoms with Crippen LogP contribution in [0.4, 0.5) is 18.9 Å². The molecule has 0 aliphatic carbocycles. The molecule has 0 unspecified atom stereocenters. The van der Waals surface area contributed by atoms with E-state index in [1.54, 1.807) is 13.0 Å². The predicted octanol–water partition coefficient (Wildman–Crippen LogP) is 3.67. The van der Waals surface area contributed by atoms with Gasteiger partial charge in [-0.15, -0.1) is 0 Å². The summed E-state index contributed by atoms with van der Waals surface area (Å²) >= 11 is 3.09. The van der Waals surface area contributed by atoms with E-state index in [1.165, 1.54) is 18.2 Å². The van der Waals surface area contributed by atoms with Gasteiger partial charge in [-0.3, -0.25) is 9.48 Å². The minimum atomic E-state index is -2.73. The molecule has 1 aromatic heterocycles. The van der Waals surface area contributed by atoms with Gasteiger partial charge in [0.1, 0.15) is 18.1 Å². The van der Waals surface area contributed by atoms with Crippen molar-refractivity contribution in [3.05, 3.63) is 45.9 Å². The number of rotatable bonds is 4. The Hall–Kier alpha value is -1.83. The molecular weight excluding hydrogens is 351 g/mol. The molecule has 0 spiro atoms. The lowest BCUT2D eigenvalue weighted by Gasteiger charge is -2.09. The van der Waals surface area contributed by atoms with Crippen LogP contribution in [0.2, 0.25) is 0 Å². The lowest BCUT2D eigenvalue weighted by molar-refractivity contribution is -0.117. The normalized spacial score (nSPS) is 11.0. The quantitative estimate of drug-likeness (QED) is 0.902. The van der Waals surface area contributed by atoms with E-state index in [0.29, 0.717) is 10.2 Å². The van der Waals surface area contributed by atoms with Crippen LogP contribution in [-0.2, 0) is 11.3 Å². The second-order valence-electron chi connectivity index (χ2n) is 4.34. The highest BCUT2D eigenvalue weighted by molar-refractivity contribution is 9.10. The number of hydrogen-bond acceptors (Lipinski definition) is 2. The van der Waals surface area contributed by atoms with Crippen molar-refractivity contribution in [1.29, 1.82) is 0 Å². The molecule has 1 heterocycles. The smallest absolute Gasteiger partial charge is 0.280 e. The first-order chi connectivity index (χ1) is 9.86. The number of nitrogens with one attached hydrogen (secondary N) is 1. The second-order valence-corrected chi connectivity index (χ2v) is 5.26. The molecule has 1 amide bonds. The van der Waals surface area contributed by atoms with E-state index >= 15 is 0 Å². The summed E-state index contributed by atoms with van der Waals surface area (Å²) in [6.07, 6.45) is -2.73. The van der Waals surface area contributed by atoms with E-state index in [9.17, 15) is 18.0 Å². The van der Waals surface area contributed by atoms with Crippen LogP contribution in [0.15, 0.2) is 28.7 Å². The van der Waals surface area contributed by atoms with E-state index < -0.39 is 24.7 Å². The topological polar surface area (TPSA) is 46.9 Å². The zero-order valence-electron chi connectivity index (χ0n) is 10.9. The van der Waals surface area contributed by atoms with Gasteiger partial charge in [-0.05, 0) is 31.2 Å². The molecular formula is C13H11BrF3N3O. The van der Waals surface area contributed by atoms with Crippen molar-refractivity contribution in [3.8, 4) is 0 Å². The van der Waals surface area contributed by atoms with Gasteiger partial charge in [0.05, 0.1) is 11.4 Å². The van der Waals surface area contributed by atoms with Gasteiger partial charge < -0.3 is 5.32 Å². The summed E-state index contributed by atoms with van der Waals surface area (Å²) in [6, 6.07) is 5.33. The van der Waals surface area contributed by atoms with Crippen LogP contribution in [0.1, 0.15) is 17.8 Å². The number of amides is 1. The van der Waals surface area contributed by atoms with E-state index in [2.05, 4.69) is 26.3 Å². The Balaban J connectivity index is 2.12. The average Bonchev–Trinajstić information content (AvgIpc) is 2.74. The molecule has 0 aliphatic rings. The van der Waals surface area contributed by atoms with Crippen LogP contribution in [0, 0.1) is 12.7 Å². The van der Waals surface area contributed by atoms with Gasteiger partial charge in [-0.25, -0.2) is 13.2 Å². The summed E-state index contributed by atoms with van der Waals surface area (Å²) in [7, 11) is 0. The molecule has 0 atom stereocenters. The number of carbonyl (C=O) groups excluding carboxylic acids is 1. The Kier molecular flexibility index (Phi) is 4.66. The monoisotopic (exact) mass is 361 g/mol. The van der Waals surface area contributed by atoms with Gasteiger partial charge in [-0.2, -0.15) is 5.10 Å². The van der Waals surface area contributed by atoms with E-state index in [4.69, 9.17) is 0 Å². The largest absolute Gasteiger partial charge is 0.322 e. The molecule has 1 aromatic carbocycles. The van der Waals surface area contributed by atoms with Gasteiger partial charge >= 0.3 is 0 Å². The average molecular weight is 362 g/mol. The summed E-state index contributed by atoms with van der Waals surface area (Å²) in [5, 5.41) is 6.15. The van der Waals surface area contributed by atoms with E-state index in [0.717, 1.165) is 4.68 Å². The van der Waals surface area contributed by atoms with Crippen molar-refractivity contribution in [2.75, 3.05) is 5.32 Å². The zero-order chi connectivity index (χ0) is 15.6. The number of aryl methyl sites for hydroxylation is 1. The summed E-state index contributed by atoms with van der Waals surface area (Å²) in [4.78, 5) is 11.8. The van der Waals surface area contributed by atoms with Crippen LogP contribution in [0.5, 0.6) is 0 Å². The van der Waals surface area contributed by atoms with Crippen molar-refractivity contribution in [2.45, 2.75) is 19.9 Å². The van der Waals surface area contributed by atoms with Gasteiger partial charge in [0.15, 0.2) is 0 Å². The van der Waals surface area contributed by atoms with E-state index in [-0.39, 0.29) is 11.4 Å². The fourth-order valence-electron chi connectivity index (χ4n) is 1.78. The molecule has 21 heavy (non-hydrogen) atoms. The Morgan fingerprint density at radius 1 is 1.43 bits per heavy atom. The molecule has 8 heteroatoms. The number of anilines is 1. The molecule has 2 aromatic rings. The number of halogens is 4. The fourth-order valence-corrected chi connectivity index (χ4v) is 2.12. The zero-order valence-corrected chi connectivity index (χ0v) is 12.5. The van der Waals surface area contributed by atoms with E-state index in [1.807, 2.05) is 0 Å². The summed E-state index contributed by atoms with van der Waals surface area (Å²) < 4.78 is 40.5. The summed E-state index contributed by atoms with van der Waals surface area (Å²) in [6.45, 7) is 1.14. The molecule has 0 aliphatic heterocycles. The number of nitrogens with zero attached hydrogens (tertiary/aromatic N) is 2. The Bertz CT molecular complexity index is 673. The molecule has 0 saturated heterocycles. The lowest BCUT2D eigenvalue weighted by Crippen LogP contribution is -2.21. The van der Waals surface area contributed by atoms with Crippen LogP contribution >= 0.6 is 15.9 Å². The highest BCUT2D eigenvalue weighted by Crippen LogP contribution is 2.21. The van der Waals surface area contributed by atoms with Gasteiger partial charge in [0, 0.05) is 4.47 Å². The molecule has 2 rings (SSSR count). The molecule has 0 bridgehead atoms. The first kappa shape index (κ1) is 15.6. The van der Waals surface area contributed by atoms with Crippen molar-refractivity contribution >= 4 is 27.5 Å². The van der Waals surface area contributed by atoms with Crippen LogP contribution < -0.4 is 5.32 Å². The third kappa shape index (κ3) is 3.84. The molecule has 1 N–H and O–H groups in total. The number of carbonyl (C=O) groups is 1. The molecule has 0 radical (unpaired) electrons. The first-order valence-electron chi connectivity index (χ1n) is 5.94. The number of hydrogen-bond donors (Lipinski definition) is 1. The maximum Gasteiger partial charge on any atom is 0.280 e. The minimum absolute atomic E-state index is 0.0225. The third-order valence-electron chi connectivity index (χ3n) is 2.66. The highest BCUT2D eigenvalue weighted by atomic mass is 79.9. The molecule has 4 nitrogen and oxygen atoms in total. The van der Waals surface area contributed by atoms with Crippen molar-refractivity contribution < 1.29 is 18.0 Å². The summed E-state index contributed by atoms with van der Waals surface area (Å²) in [5.41, 5.74) is 0.0116. The molecule has 0 saturated carbocycles. The maximum atomic E-state index is 13.6. The number of benzene rings is 1. The van der Waals surface area contributed by atoms with Gasteiger partial charge in [-0.1, -0.05) is 15.9 Å². The van der Waals surface area contributed by atoms with Crippen LogP contribution in [-0.4, -0.2) is 15.7 Å². The maximum absolute atomic E-state index is 13.6. The van der Waals surface area contributed by atoms with Gasteiger partial charge in [0.25, 0.3) is 6.43 Å². The third-order valence-corrected chi connectivity index (χ3v) is 3.15. The lowest BCUT2D eigenvalue weighted by atomic mass is 10.3. The Morgan fingerprint density at radius 3 is 2.76 bits per heavy atom. The fraction of sp³-hybridized carbons (Fsp3) is 0.231. The summed E-state index contributed by atoms with van der Waals surface area (Å²) in [5.74, 6) is -1.26. The van der Waals surface area contributed by atoms with Crippen molar-refractivity contribution in [1.82, 2.24) is 9.78 Å². The Labute approximate surface area is 127 Å². The number of aromatic nitrogens is 2. The first-order valence-corrected chi connectivity index (χ1v) is 6.73. The van der Waals surface area contributed by atoms with Crippen molar-refractivity contribution in [2.24, 2.45) is 0 Å². The van der Waals surface area contributed by atoms with Crippen LogP contribution in [0.25, 0.3) is 0 Å².